The molecule has 0 bridgehead atoms. The van der Waals surface area contributed by atoms with Gasteiger partial charge in [-0.15, -0.1) is 0 Å². The van der Waals surface area contributed by atoms with Crippen LogP contribution in [-0.4, -0.2) is 88.0 Å². The first kappa shape index (κ1) is 21.6. The molecule has 0 unspecified atom stereocenters. The monoisotopic (exact) mass is 504 g/mol. The van der Waals surface area contributed by atoms with E-state index in [-0.39, 0.29) is 23.2 Å². The number of carbonyl (C=O) groups is 1. The van der Waals surface area contributed by atoms with E-state index in [0.29, 0.717) is 38.1 Å². The molecular weight excluding hydrogens is 486 g/mol. The van der Waals surface area contributed by atoms with Gasteiger partial charge in [0.25, 0.3) is 0 Å². The molecule has 1 fully saturated rings. The van der Waals surface area contributed by atoms with Gasteiger partial charge in [0.2, 0.25) is 0 Å². The molecule has 1 aromatic carbocycles. The van der Waals surface area contributed by atoms with E-state index < -0.39 is 5.82 Å². The molecule has 12 heteroatoms. The maximum atomic E-state index is 14.6. The second-order valence-corrected chi connectivity index (χ2v) is 9.37. The molecule has 1 aliphatic heterocycles. The Labute approximate surface area is 190 Å². The summed E-state index contributed by atoms with van der Waals surface area (Å²) in [5.74, 6) is -0.266. The number of anilines is 1. The van der Waals surface area contributed by atoms with E-state index in [9.17, 15) is 9.18 Å². The number of rotatable bonds is 5. The van der Waals surface area contributed by atoms with E-state index >= 15 is 0 Å². The fourth-order valence-electron chi connectivity index (χ4n) is 2.85. The molecule has 4 rings (SSSR count). The number of ether oxygens (including phenoxy) is 2. The Kier molecular flexibility index (Phi) is 6.45. The molecule has 2 aromatic heterocycles. The van der Waals surface area contributed by atoms with Crippen molar-refractivity contribution >= 4 is 43.8 Å². The molecule has 0 spiro atoms. The number of halogens is 1. The van der Waals surface area contributed by atoms with Gasteiger partial charge in [0.15, 0.2) is 0 Å². The van der Waals surface area contributed by atoms with E-state index in [1.54, 1.807) is 20.3 Å². The minimum atomic E-state index is -0.687. The van der Waals surface area contributed by atoms with Gasteiger partial charge >= 0.3 is 167 Å². The van der Waals surface area contributed by atoms with Gasteiger partial charge in [-0.3, -0.25) is 4.79 Å². The van der Waals surface area contributed by atoms with Gasteiger partial charge in [-0.1, -0.05) is 0 Å². The average Bonchev–Trinajstić information content (AvgIpc) is 3.21. The molecule has 0 aliphatic carbocycles. The average molecular weight is 504 g/mol. The van der Waals surface area contributed by atoms with E-state index in [1.807, 2.05) is 4.90 Å². The Morgan fingerprint density at radius 1 is 1.26 bits per heavy atom. The Balaban J connectivity index is 1.68. The number of carbonyl (C=O) groups excluding carboxylic acids is 1. The van der Waals surface area contributed by atoms with Crippen LogP contribution < -0.4 is 13.4 Å². The Bertz CT molecular complexity index is 1110. The maximum absolute atomic E-state index is 14.6. The van der Waals surface area contributed by atoms with Crippen LogP contribution in [0.15, 0.2) is 24.4 Å². The van der Waals surface area contributed by atoms with Crippen LogP contribution in [0, 0.1) is 5.82 Å². The first-order valence-corrected chi connectivity index (χ1v) is 11.1. The fourth-order valence-corrected chi connectivity index (χ4v) is 4.18. The van der Waals surface area contributed by atoms with Crippen LogP contribution in [0.4, 0.5) is 10.3 Å². The molecule has 3 aromatic rings. The van der Waals surface area contributed by atoms with Gasteiger partial charge in [-0.2, -0.15) is 0 Å². The molecule has 1 saturated heterocycles. The SMILES string of the molecule is CN(C)C(=O)c1ccc(Oc2nc(-c3cnc([As])s3)nc(N3CCOCC3)n2)c(F)c1. The van der Waals surface area contributed by atoms with Gasteiger partial charge < -0.3 is 4.90 Å². The zero-order valence-corrected chi connectivity index (χ0v) is 19.5. The van der Waals surface area contributed by atoms with Crippen molar-refractivity contribution in [3.8, 4) is 22.5 Å². The van der Waals surface area contributed by atoms with Gasteiger partial charge in [-0.25, -0.2) is 0 Å². The molecule has 0 atom stereocenters. The van der Waals surface area contributed by atoms with Crippen LogP contribution in [0.3, 0.4) is 0 Å². The zero-order valence-electron chi connectivity index (χ0n) is 16.8. The zero-order chi connectivity index (χ0) is 22.0. The van der Waals surface area contributed by atoms with E-state index in [1.165, 1.54) is 28.4 Å². The van der Waals surface area contributed by atoms with Crippen LogP contribution in [0.5, 0.6) is 11.8 Å². The summed E-state index contributed by atoms with van der Waals surface area (Å²) in [6.07, 6.45) is 1.67. The Morgan fingerprint density at radius 3 is 2.68 bits per heavy atom. The number of hydrogen-bond donors (Lipinski definition) is 0. The summed E-state index contributed by atoms with van der Waals surface area (Å²) in [6.45, 7) is 2.36. The standard InChI is InChI=1S/C19H18AsFN6O3S/c1-26(2)16(28)11-3-4-13(12(21)9-11)30-19-24-15(14-10-22-17(20)31-14)23-18(25-19)27-5-7-29-8-6-27/h3-4,9-10H,5-8H2,1-2H3. The van der Waals surface area contributed by atoms with Crippen molar-refractivity contribution in [2.45, 2.75) is 0 Å². The van der Waals surface area contributed by atoms with Crippen LogP contribution in [0.2, 0.25) is 0 Å². The second-order valence-electron chi connectivity index (χ2n) is 6.79. The molecule has 2 radical (unpaired) electrons. The second kappa shape index (κ2) is 9.25. The van der Waals surface area contributed by atoms with Crippen molar-refractivity contribution in [3.63, 3.8) is 0 Å². The number of hydrogen-bond acceptors (Lipinski definition) is 9. The van der Waals surface area contributed by atoms with Crippen LogP contribution in [-0.2, 0) is 4.74 Å². The topological polar surface area (TPSA) is 93.6 Å². The molecule has 160 valence electrons. The Morgan fingerprint density at radius 2 is 2.03 bits per heavy atom. The summed E-state index contributed by atoms with van der Waals surface area (Å²) in [5.41, 5.74) is 0.221. The predicted molar refractivity (Wildman–Crippen MR) is 114 cm³/mol. The molecular formula is C19H18AsFN6O3S. The van der Waals surface area contributed by atoms with E-state index in [0.717, 1.165) is 14.7 Å². The van der Waals surface area contributed by atoms with Crippen LogP contribution in [0.25, 0.3) is 10.7 Å². The quantitative estimate of drug-likeness (QED) is 0.480. The first-order chi connectivity index (χ1) is 14.9. The van der Waals surface area contributed by atoms with Crippen molar-refractivity contribution in [3.05, 3.63) is 35.8 Å². The summed E-state index contributed by atoms with van der Waals surface area (Å²) >= 11 is 3.79. The van der Waals surface area contributed by atoms with Crippen molar-refractivity contribution in [2.24, 2.45) is 0 Å². The molecule has 31 heavy (non-hydrogen) atoms. The third-order valence-electron chi connectivity index (χ3n) is 4.40. The summed E-state index contributed by atoms with van der Waals surface area (Å²) < 4.78 is 26.5. The summed E-state index contributed by atoms with van der Waals surface area (Å²) in [7, 11) is 3.20. The molecule has 1 aliphatic rings. The number of morpholine rings is 1. The minimum absolute atomic E-state index is 0.0439. The molecule has 0 N–H and O–H groups in total. The van der Waals surface area contributed by atoms with Crippen LogP contribution >= 0.6 is 11.3 Å². The van der Waals surface area contributed by atoms with Crippen molar-refractivity contribution < 1.29 is 18.7 Å². The fraction of sp³-hybridized carbons (Fsp3) is 0.316. The van der Waals surface area contributed by atoms with Crippen LogP contribution in [0.1, 0.15) is 10.4 Å². The number of thiazole rings is 1. The van der Waals surface area contributed by atoms with E-state index in [2.05, 4.69) is 36.8 Å². The van der Waals surface area contributed by atoms with Gasteiger partial charge in [0.05, 0.1) is 0 Å². The Hall–Kier alpha value is -2.62. The van der Waals surface area contributed by atoms with Crippen molar-refractivity contribution in [1.82, 2.24) is 24.8 Å². The molecule has 0 saturated carbocycles. The number of nitrogens with zero attached hydrogens (tertiary/aromatic N) is 6. The van der Waals surface area contributed by atoms with Crippen molar-refractivity contribution in [1.29, 1.82) is 0 Å². The summed E-state index contributed by atoms with van der Waals surface area (Å²) in [5, 5.41) is 0. The normalized spacial score (nSPS) is 13.9. The number of aromatic nitrogens is 4. The number of amides is 1. The van der Waals surface area contributed by atoms with Crippen molar-refractivity contribution in [2.75, 3.05) is 45.3 Å². The predicted octanol–water partition coefficient (Wildman–Crippen LogP) is 1.26. The molecule has 9 nitrogen and oxygen atoms in total. The molecule has 1 amide bonds. The van der Waals surface area contributed by atoms with Gasteiger partial charge in [-0.05, 0) is 0 Å². The molecule has 3 heterocycles. The summed E-state index contributed by atoms with van der Waals surface area (Å²) in [6, 6.07) is 3.97. The summed E-state index contributed by atoms with van der Waals surface area (Å²) in [4.78, 5) is 33.6. The number of benzene rings is 1. The van der Waals surface area contributed by atoms with Gasteiger partial charge in [0, 0.05) is 14.1 Å². The van der Waals surface area contributed by atoms with E-state index in [4.69, 9.17) is 9.47 Å². The van der Waals surface area contributed by atoms with Gasteiger partial charge in [0.1, 0.15) is 0 Å². The third kappa shape index (κ3) is 5.00. The first-order valence-electron chi connectivity index (χ1n) is 9.33. The third-order valence-corrected chi connectivity index (χ3v) is 6.01.